The Hall–Kier alpha value is -1.05. The highest BCUT2D eigenvalue weighted by molar-refractivity contribution is 6.03. The van der Waals surface area contributed by atoms with Gasteiger partial charge in [0, 0.05) is 11.3 Å². The summed E-state index contributed by atoms with van der Waals surface area (Å²) >= 11 is 0. The number of allylic oxidation sites excluding steroid dienone is 2. The summed E-state index contributed by atoms with van der Waals surface area (Å²) in [6, 6.07) is 0. The number of rotatable bonds is 1. The van der Waals surface area contributed by atoms with Crippen LogP contribution >= 0.6 is 0 Å². The van der Waals surface area contributed by atoms with Crippen molar-refractivity contribution in [2.24, 2.45) is 0 Å². The van der Waals surface area contributed by atoms with Gasteiger partial charge in [-0.1, -0.05) is 19.6 Å². The molecule has 0 aromatic carbocycles. The minimum Gasteiger partial charge on any atom is -0.377 e. The van der Waals surface area contributed by atoms with E-state index in [9.17, 15) is 4.79 Å². The monoisotopic (exact) mass is 137 g/mol. The van der Waals surface area contributed by atoms with E-state index < -0.39 is 0 Å². The maximum absolute atomic E-state index is 11.0. The van der Waals surface area contributed by atoms with Crippen molar-refractivity contribution < 1.29 is 4.79 Å². The van der Waals surface area contributed by atoms with Crippen LogP contribution in [0.25, 0.3) is 0 Å². The zero-order chi connectivity index (χ0) is 7.56. The molecule has 10 heavy (non-hydrogen) atoms. The third kappa shape index (κ3) is 1.10. The summed E-state index contributed by atoms with van der Waals surface area (Å²) in [5, 5.41) is 2.89. The second-order valence-electron chi connectivity index (χ2n) is 2.28. The van der Waals surface area contributed by atoms with Gasteiger partial charge in [-0.2, -0.15) is 0 Å². The van der Waals surface area contributed by atoms with Gasteiger partial charge in [0.1, 0.15) is 0 Å². The Balaban J connectivity index is 2.82. The summed E-state index contributed by atoms with van der Waals surface area (Å²) in [4.78, 5) is 11.0. The standard InChI is InChI=1S/C8H11NO/c1-3-4-7-6(2)9-5-8(7)10/h4,9H,2-3,5H2,1H3/b7-4+. The SMILES string of the molecule is C=C1NCC(=O)/C1=C/CC. The number of carbonyl (C=O) groups is 1. The lowest BCUT2D eigenvalue weighted by Crippen LogP contribution is -2.06. The van der Waals surface area contributed by atoms with Gasteiger partial charge < -0.3 is 5.32 Å². The quantitative estimate of drug-likeness (QED) is 0.546. The Morgan fingerprint density at radius 3 is 2.90 bits per heavy atom. The fourth-order valence-corrected chi connectivity index (χ4v) is 0.987. The molecular formula is C8H11NO. The Labute approximate surface area is 60.6 Å². The van der Waals surface area contributed by atoms with Crippen LogP contribution in [-0.4, -0.2) is 12.3 Å². The zero-order valence-corrected chi connectivity index (χ0v) is 6.11. The van der Waals surface area contributed by atoms with Crippen LogP contribution in [0, 0.1) is 0 Å². The van der Waals surface area contributed by atoms with Crippen molar-refractivity contribution in [2.75, 3.05) is 6.54 Å². The van der Waals surface area contributed by atoms with Gasteiger partial charge in [0.15, 0.2) is 5.78 Å². The normalized spacial score (nSPS) is 21.9. The molecule has 0 aromatic rings. The lowest BCUT2D eigenvalue weighted by Gasteiger charge is -1.93. The molecule has 2 nitrogen and oxygen atoms in total. The number of nitrogens with one attached hydrogen (secondary N) is 1. The van der Waals surface area contributed by atoms with Crippen LogP contribution in [0.5, 0.6) is 0 Å². The molecule has 0 bridgehead atoms. The van der Waals surface area contributed by atoms with Crippen LogP contribution in [0.1, 0.15) is 13.3 Å². The van der Waals surface area contributed by atoms with Crippen LogP contribution in [0.2, 0.25) is 0 Å². The average Bonchev–Trinajstić information content (AvgIpc) is 2.20. The van der Waals surface area contributed by atoms with Gasteiger partial charge in [0.25, 0.3) is 0 Å². The van der Waals surface area contributed by atoms with E-state index in [4.69, 9.17) is 0 Å². The topological polar surface area (TPSA) is 29.1 Å². The van der Waals surface area contributed by atoms with E-state index in [1.807, 2.05) is 13.0 Å². The molecule has 0 unspecified atom stereocenters. The highest BCUT2D eigenvalue weighted by Crippen LogP contribution is 2.12. The highest BCUT2D eigenvalue weighted by Gasteiger charge is 2.18. The van der Waals surface area contributed by atoms with Crippen molar-refractivity contribution in [1.29, 1.82) is 0 Å². The van der Waals surface area contributed by atoms with Gasteiger partial charge in [-0.05, 0) is 6.42 Å². The van der Waals surface area contributed by atoms with Gasteiger partial charge in [0.2, 0.25) is 0 Å². The molecule has 2 heteroatoms. The third-order valence-electron chi connectivity index (χ3n) is 1.50. The summed E-state index contributed by atoms with van der Waals surface area (Å²) in [5.74, 6) is 0.159. The van der Waals surface area contributed by atoms with Gasteiger partial charge >= 0.3 is 0 Å². The van der Waals surface area contributed by atoms with Crippen LogP contribution < -0.4 is 5.32 Å². The molecule has 1 fully saturated rings. The number of carbonyl (C=O) groups excluding carboxylic acids is 1. The van der Waals surface area contributed by atoms with Gasteiger partial charge in [0.05, 0.1) is 6.54 Å². The summed E-state index contributed by atoms with van der Waals surface area (Å²) in [6.07, 6.45) is 2.80. The number of hydrogen-bond acceptors (Lipinski definition) is 2. The van der Waals surface area contributed by atoms with Crippen LogP contribution in [0.3, 0.4) is 0 Å². The molecule has 1 rings (SSSR count). The van der Waals surface area contributed by atoms with E-state index in [1.165, 1.54) is 0 Å². The maximum Gasteiger partial charge on any atom is 0.183 e. The summed E-state index contributed by atoms with van der Waals surface area (Å²) in [7, 11) is 0. The molecule has 54 valence electrons. The first-order valence-electron chi connectivity index (χ1n) is 3.42. The molecule has 0 spiro atoms. The first kappa shape index (κ1) is 7.06. The minimum atomic E-state index is 0.159. The second-order valence-corrected chi connectivity index (χ2v) is 2.28. The van der Waals surface area contributed by atoms with E-state index in [1.54, 1.807) is 0 Å². The summed E-state index contributed by atoms with van der Waals surface area (Å²) in [5.41, 5.74) is 1.54. The van der Waals surface area contributed by atoms with Crippen molar-refractivity contribution in [1.82, 2.24) is 5.32 Å². The molecular weight excluding hydrogens is 126 g/mol. The fourth-order valence-electron chi connectivity index (χ4n) is 0.987. The van der Waals surface area contributed by atoms with Gasteiger partial charge in [-0.15, -0.1) is 0 Å². The molecule has 0 atom stereocenters. The van der Waals surface area contributed by atoms with E-state index in [2.05, 4.69) is 11.9 Å². The molecule has 1 aliphatic heterocycles. The first-order valence-corrected chi connectivity index (χ1v) is 3.42. The zero-order valence-electron chi connectivity index (χ0n) is 6.11. The first-order chi connectivity index (χ1) is 4.75. The highest BCUT2D eigenvalue weighted by atomic mass is 16.1. The van der Waals surface area contributed by atoms with E-state index in [-0.39, 0.29) is 5.78 Å². The summed E-state index contributed by atoms with van der Waals surface area (Å²) < 4.78 is 0. The molecule has 0 aliphatic carbocycles. The Morgan fingerprint density at radius 1 is 1.80 bits per heavy atom. The van der Waals surface area contributed by atoms with Crippen LogP contribution in [-0.2, 0) is 4.79 Å². The number of hydrogen-bond donors (Lipinski definition) is 1. The van der Waals surface area contributed by atoms with Crippen molar-refractivity contribution >= 4 is 5.78 Å². The van der Waals surface area contributed by atoms with Crippen molar-refractivity contribution in [3.63, 3.8) is 0 Å². The van der Waals surface area contributed by atoms with Crippen LogP contribution in [0.4, 0.5) is 0 Å². The Bertz CT molecular complexity index is 185. The maximum atomic E-state index is 11.0. The average molecular weight is 137 g/mol. The summed E-state index contributed by atoms with van der Waals surface area (Å²) in [6.45, 7) is 6.13. The second kappa shape index (κ2) is 2.69. The molecule has 1 aliphatic rings. The third-order valence-corrected chi connectivity index (χ3v) is 1.50. The minimum absolute atomic E-state index is 0.159. The van der Waals surface area contributed by atoms with Crippen molar-refractivity contribution in [3.05, 3.63) is 23.9 Å². The molecule has 0 saturated carbocycles. The molecule has 1 heterocycles. The molecule has 0 aromatic heterocycles. The van der Waals surface area contributed by atoms with E-state index >= 15 is 0 Å². The van der Waals surface area contributed by atoms with Crippen LogP contribution in [0.15, 0.2) is 23.9 Å². The number of ketones is 1. The lowest BCUT2D eigenvalue weighted by molar-refractivity contribution is -0.113. The Morgan fingerprint density at radius 2 is 2.50 bits per heavy atom. The van der Waals surface area contributed by atoms with Gasteiger partial charge in [-0.25, -0.2) is 0 Å². The lowest BCUT2D eigenvalue weighted by atomic mass is 10.1. The van der Waals surface area contributed by atoms with Gasteiger partial charge in [-0.3, -0.25) is 4.79 Å². The Kier molecular flexibility index (Phi) is 1.90. The molecule has 0 amide bonds. The smallest absolute Gasteiger partial charge is 0.183 e. The molecule has 1 saturated heterocycles. The predicted molar refractivity (Wildman–Crippen MR) is 40.5 cm³/mol. The fraction of sp³-hybridized carbons (Fsp3) is 0.375. The van der Waals surface area contributed by atoms with E-state index in [0.717, 1.165) is 17.7 Å². The predicted octanol–water partition coefficient (Wildman–Crippen LogP) is 1.01. The van der Waals surface area contributed by atoms with E-state index in [0.29, 0.717) is 6.54 Å². The largest absolute Gasteiger partial charge is 0.377 e. The molecule has 0 radical (unpaired) electrons. The number of Topliss-reactive ketones (excluding diaryl/α,β-unsaturated/α-hetero) is 1. The van der Waals surface area contributed by atoms with Crippen molar-refractivity contribution in [3.8, 4) is 0 Å². The molecule has 1 N–H and O–H groups in total. The van der Waals surface area contributed by atoms with Crippen molar-refractivity contribution in [2.45, 2.75) is 13.3 Å².